The van der Waals surface area contributed by atoms with E-state index in [1.165, 1.54) is 34.5 Å². The van der Waals surface area contributed by atoms with Crippen molar-refractivity contribution >= 4 is 40.9 Å². The molecule has 0 radical (unpaired) electrons. The number of nitrogens with zero attached hydrogens (tertiary/aromatic N) is 3. The van der Waals surface area contributed by atoms with Gasteiger partial charge in [-0.3, -0.25) is 9.59 Å². The van der Waals surface area contributed by atoms with E-state index in [4.69, 9.17) is 11.6 Å². The number of anilines is 1. The Hall–Kier alpha value is -1.76. The summed E-state index contributed by atoms with van der Waals surface area (Å²) in [5.41, 5.74) is 2.74. The maximum absolute atomic E-state index is 13.1. The summed E-state index contributed by atoms with van der Waals surface area (Å²) in [5.74, 6) is 0.165. The SMILES string of the molecule is CN1Cc2c(sc3c2CCCC3)C(=O)N1c1nccc(Cl)c1C=O. The minimum Gasteiger partial charge on any atom is -0.298 e. The Morgan fingerprint density at radius 3 is 2.88 bits per heavy atom. The zero-order chi connectivity index (χ0) is 16.8. The van der Waals surface area contributed by atoms with E-state index in [-0.39, 0.29) is 11.5 Å². The van der Waals surface area contributed by atoms with Crippen molar-refractivity contribution in [1.82, 2.24) is 9.99 Å². The van der Waals surface area contributed by atoms with E-state index in [0.717, 1.165) is 23.3 Å². The Bertz CT molecular complexity index is 849. The Kier molecular flexibility index (Phi) is 3.90. The third-order valence-electron chi connectivity index (χ3n) is 4.63. The molecule has 1 aliphatic heterocycles. The fraction of sp³-hybridized carbons (Fsp3) is 0.353. The molecule has 2 aromatic rings. The summed E-state index contributed by atoms with van der Waals surface area (Å²) in [5, 5.41) is 3.59. The number of carbonyl (C=O) groups is 2. The molecule has 0 saturated carbocycles. The Balaban J connectivity index is 1.83. The maximum atomic E-state index is 13.1. The lowest BCUT2D eigenvalue weighted by molar-refractivity contribution is 0.0889. The molecule has 1 aliphatic carbocycles. The van der Waals surface area contributed by atoms with Crippen LogP contribution in [-0.2, 0) is 19.4 Å². The largest absolute Gasteiger partial charge is 0.298 e. The summed E-state index contributed by atoms with van der Waals surface area (Å²) in [6.07, 6.45) is 6.64. The van der Waals surface area contributed by atoms with Crippen LogP contribution in [0.2, 0.25) is 5.02 Å². The fourth-order valence-electron chi connectivity index (χ4n) is 3.50. The van der Waals surface area contributed by atoms with Crippen LogP contribution in [0.4, 0.5) is 5.82 Å². The predicted molar refractivity (Wildman–Crippen MR) is 93.9 cm³/mol. The molecule has 24 heavy (non-hydrogen) atoms. The average molecular weight is 362 g/mol. The van der Waals surface area contributed by atoms with Crippen LogP contribution >= 0.6 is 22.9 Å². The van der Waals surface area contributed by atoms with Crippen LogP contribution in [0.3, 0.4) is 0 Å². The number of amides is 1. The Morgan fingerprint density at radius 1 is 1.29 bits per heavy atom. The molecule has 1 amide bonds. The van der Waals surface area contributed by atoms with Crippen molar-refractivity contribution in [2.45, 2.75) is 32.2 Å². The first-order chi connectivity index (χ1) is 11.6. The highest BCUT2D eigenvalue weighted by Gasteiger charge is 2.36. The number of hydrazine groups is 1. The lowest BCUT2D eigenvalue weighted by Gasteiger charge is -2.35. The quantitative estimate of drug-likeness (QED) is 0.768. The topological polar surface area (TPSA) is 53.5 Å². The number of fused-ring (bicyclic) bond motifs is 3. The third-order valence-corrected chi connectivity index (χ3v) is 6.28. The highest BCUT2D eigenvalue weighted by molar-refractivity contribution is 7.14. The van der Waals surface area contributed by atoms with Gasteiger partial charge in [0, 0.05) is 24.7 Å². The molecule has 5 nitrogen and oxygen atoms in total. The van der Waals surface area contributed by atoms with Crippen molar-refractivity contribution in [3.05, 3.63) is 43.7 Å². The molecule has 0 aromatic carbocycles. The second-order valence-corrected chi connectivity index (χ2v) is 7.61. The summed E-state index contributed by atoms with van der Waals surface area (Å²) in [4.78, 5) is 30.9. The Morgan fingerprint density at radius 2 is 2.08 bits per heavy atom. The van der Waals surface area contributed by atoms with E-state index in [1.54, 1.807) is 17.4 Å². The summed E-state index contributed by atoms with van der Waals surface area (Å²) < 4.78 is 0. The number of hydrogen-bond acceptors (Lipinski definition) is 5. The van der Waals surface area contributed by atoms with Gasteiger partial charge in [-0.05, 0) is 42.9 Å². The molecule has 2 aliphatic rings. The van der Waals surface area contributed by atoms with Gasteiger partial charge in [0.25, 0.3) is 5.91 Å². The van der Waals surface area contributed by atoms with E-state index in [2.05, 4.69) is 4.98 Å². The van der Waals surface area contributed by atoms with E-state index in [9.17, 15) is 9.59 Å². The molecule has 0 spiro atoms. The molecule has 0 atom stereocenters. The first kappa shape index (κ1) is 15.7. The molecule has 124 valence electrons. The van der Waals surface area contributed by atoms with Crippen LogP contribution in [0.25, 0.3) is 0 Å². The molecule has 0 N–H and O–H groups in total. The monoisotopic (exact) mass is 361 g/mol. The third kappa shape index (κ3) is 2.29. The van der Waals surface area contributed by atoms with Gasteiger partial charge in [-0.15, -0.1) is 11.3 Å². The smallest absolute Gasteiger partial charge is 0.284 e. The summed E-state index contributed by atoms with van der Waals surface area (Å²) in [7, 11) is 1.84. The molecule has 0 bridgehead atoms. The average Bonchev–Trinajstić information content (AvgIpc) is 2.94. The van der Waals surface area contributed by atoms with Crippen LogP contribution in [0, 0.1) is 0 Å². The molecule has 4 rings (SSSR count). The minimum absolute atomic E-state index is 0.129. The molecule has 3 heterocycles. The molecule has 7 heteroatoms. The zero-order valence-corrected chi connectivity index (χ0v) is 14.8. The maximum Gasteiger partial charge on any atom is 0.284 e. The van der Waals surface area contributed by atoms with Crippen molar-refractivity contribution < 1.29 is 9.59 Å². The number of pyridine rings is 1. The number of halogens is 1. The summed E-state index contributed by atoms with van der Waals surface area (Å²) in [6, 6.07) is 1.55. The first-order valence-corrected chi connectivity index (χ1v) is 9.10. The first-order valence-electron chi connectivity index (χ1n) is 7.90. The number of rotatable bonds is 2. The van der Waals surface area contributed by atoms with E-state index < -0.39 is 0 Å². The number of aldehydes is 1. The summed E-state index contributed by atoms with van der Waals surface area (Å²) >= 11 is 7.70. The molecule has 0 fully saturated rings. The normalized spacial score (nSPS) is 17.6. The minimum atomic E-state index is -0.129. The second kappa shape index (κ2) is 5.95. The molecule has 0 unspecified atom stereocenters. The van der Waals surface area contributed by atoms with Gasteiger partial charge in [-0.1, -0.05) is 11.6 Å². The lowest BCUT2D eigenvalue weighted by Crippen LogP contribution is -2.48. The van der Waals surface area contributed by atoms with E-state index >= 15 is 0 Å². The van der Waals surface area contributed by atoms with Gasteiger partial charge in [0.1, 0.15) is 0 Å². The number of carbonyl (C=O) groups excluding carboxylic acids is 2. The van der Waals surface area contributed by atoms with Crippen molar-refractivity contribution in [3.63, 3.8) is 0 Å². The van der Waals surface area contributed by atoms with Gasteiger partial charge in [-0.2, -0.15) is 0 Å². The fourth-order valence-corrected chi connectivity index (χ4v) is 5.01. The zero-order valence-electron chi connectivity index (χ0n) is 13.2. The van der Waals surface area contributed by atoms with Gasteiger partial charge in [0.05, 0.1) is 15.5 Å². The van der Waals surface area contributed by atoms with Gasteiger partial charge in [-0.25, -0.2) is 15.0 Å². The van der Waals surface area contributed by atoms with Crippen LogP contribution in [0.15, 0.2) is 12.3 Å². The molecule has 2 aromatic heterocycles. The van der Waals surface area contributed by atoms with Crippen LogP contribution < -0.4 is 5.01 Å². The lowest BCUT2D eigenvalue weighted by atomic mass is 9.94. The number of hydrogen-bond donors (Lipinski definition) is 0. The molecule has 0 saturated heterocycles. The molecular weight excluding hydrogens is 346 g/mol. The van der Waals surface area contributed by atoms with Crippen molar-refractivity contribution in [2.75, 3.05) is 12.1 Å². The van der Waals surface area contributed by atoms with Crippen LogP contribution in [-0.4, -0.2) is 29.2 Å². The number of thiophene rings is 1. The van der Waals surface area contributed by atoms with Crippen LogP contribution in [0.5, 0.6) is 0 Å². The predicted octanol–water partition coefficient (Wildman–Crippen LogP) is 3.50. The highest BCUT2D eigenvalue weighted by atomic mass is 35.5. The van der Waals surface area contributed by atoms with Crippen molar-refractivity contribution in [2.24, 2.45) is 0 Å². The van der Waals surface area contributed by atoms with Crippen molar-refractivity contribution in [3.8, 4) is 0 Å². The van der Waals surface area contributed by atoms with E-state index in [0.29, 0.717) is 23.7 Å². The van der Waals surface area contributed by atoms with Gasteiger partial charge >= 0.3 is 0 Å². The second-order valence-electron chi connectivity index (χ2n) is 6.10. The Labute approximate surface area is 148 Å². The number of aromatic nitrogens is 1. The van der Waals surface area contributed by atoms with Gasteiger partial charge in [0.15, 0.2) is 12.1 Å². The summed E-state index contributed by atoms with van der Waals surface area (Å²) in [6.45, 7) is 0.638. The standard InChI is InChI=1S/C17H16ClN3O2S/c1-20-8-11-10-4-2-3-5-14(10)24-15(11)17(23)21(20)16-12(9-22)13(18)6-7-19-16/h6-7,9H,2-5,8H2,1H3. The molecular formula is C17H16ClN3O2S. The van der Waals surface area contributed by atoms with Crippen molar-refractivity contribution in [1.29, 1.82) is 0 Å². The van der Waals surface area contributed by atoms with E-state index in [1.807, 2.05) is 12.1 Å². The van der Waals surface area contributed by atoms with Gasteiger partial charge < -0.3 is 0 Å². The van der Waals surface area contributed by atoms with Gasteiger partial charge in [0.2, 0.25) is 0 Å². The number of aryl methyl sites for hydroxylation is 1. The van der Waals surface area contributed by atoms with Crippen LogP contribution in [0.1, 0.15) is 48.9 Å². The highest BCUT2D eigenvalue weighted by Crippen LogP contribution is 2.39.